The Kier molecular flexibility index (Phi) is 12.4. The van der Waals surface area contributed by atoms with Gasteiger partial charge < -0.3 is 20.0 Å². The lowest BCUT2D eigenvalue weighted by Crippen LogP contribution is -2.52. The number of nitrogens with zero attached hydrogens (tertiary/aromatic N) is 5. The van der Waals surface area contributed by atoms with Crippen LogP contribution in [-0.2, 0) is 0 Å². The maximum atomic E-state index is 4.86. The van der Waals surface area contributed by atoms with E-state index in [1.807, 2.05) is 12.3 Å². The molecule has 0 bridgehead atoms. The van der Waals surface area contributed by atoms with Gasteiger partial charge in [0.25, 0.3) is 0 Å². The van der Waals surface area contributed by atoms with Gasteiger partial charge in [0.1, 0.15) is 5.82 Å². The van der Waals surface area contributed by atoms with Gasteiger partial charge in [-0.1, -0.05) is 19.9 Å². The molecule has 1 fully saturated rings. The molecule has 1 saturated heterocycles. The molecule has 1 aliphatic rings. The largest absolute Gasteiger partial charge is 0.357 e. The third kappa shape index (κ3) is 8.21. The summed E-state index contributed by atoms with van der Waals surface area (Å²) in [5.74, 6) is 2.14. The summed E-state index contributed by atoms with van der Waals surface area (Å²) in [5.41, 5.74) is 0. The molecule has 0 spiro atoms. The predicted molar refractivity (Wildman–Crippen MR) is 126 cm³/mol. The minimum absolute atomic E-state index is 0. The number of hydrogen-bond donors (Lipinski definition) is 1. The molecule has 0 radical (unpaired) electrons. The van der Waals surface area contributed by atoms with Gasteiger partial charge in [-0.3, -0.25) is 4.99 Å². The van der Waals surface area contributed by atoms with Gasteiger partial charge in [-0.05, 0) is 51.5 Å². The van der Waals surface area contributed by atoms with Crippen LogP contribution in [0.3, 0.4) is 0 Å². The van der Waals surface area contributed by atoms with Crippen molar-refractivity contribution in [2.24, 2.45) is 4.99 Å². The zero-order chi connectivity index (χ0) is 18.6. The van der Waals surface area contributed by atoms with Crippen LogP contribution in [0.4, 0.5) is 5.82 Å². The highest BCUT2D eigenvalue weighted by molar-refractivity contribution is 14.0. The lowest BCUT2D eigenvalue weighted by atomic mass is 10.3. The highest BCUT2D eigenvalue weighted by atomic mass is 127. The molecule has 1 aromatic heterocycles. The molecule has 1 aliphatic heterocycles. The zero-order valence-electron chi connectivity index (χ0n) is 17.2. The molecule has 0 amide bonds. The van der Waals surface area contributed by atoms with E-state index >= 15 is 0 Å². The fraction of sp³-hybridized carbons (Fsp3) is 0.700. The summed E-state index contributed by atoms with van der Waals surface area (Å²) < 4.78 is 0. The van der Waals surface area contributed by atoms with Crippen LogP contribution in [-0.4, -0.2) is 79.6 Å². The Morgan fingerprint density at radius 2 is 1.85 bits per heavy atom. The summed E-state index contributed by atoms with van der Waals surface area (Å²) in [5, 5.41) is 3.46. The van der Waals surface area contributed by atoms with E-state index < -0.39 is 0 Å². The molecule has 6 nitrogen and oxygen atoms in total. The predicted octanol–water partition coefficient (Wildman–Crippen LogP) is 2.91. The van der Waals surface area contributed by atoms with Crippen molar-refractivity contribution in [1.82, 2.24) is 20.1 Å². The van der Waals surface area contributed by atoms with Crippen LogP contribution < -0.4 is 10.2 Å². The molecule has 2 heterocycles. The van der Waals surface area contributed by atoms with E-state index in [0.29, 0.717) is 0 Å². The van der Waals surface area contributed by atoms with E-state index in [4.69, 9.17) is 4.99 Å². The van der Waals surface area contributed by atoms with Crippen LogP contribution in [0, 0.1) is 0 Å². The first kappa shape index (κ1) is 23.9. The second-order valence-electron chi connectivity index (χ2n) is 6.63. The molecular formula is C20H37IN6. The van der Waals surface area contributed by atoms with E-state index in [1.165, 1.54) is 13.0 Å². The molecule has 2 rings (SSSR count). The molecule has 0 unspecified atom stereocenters. The van der Waals surface area contributed by atoms with Crippen molar-refractivity contribution >= 4 is 35.8 Å². The Morgan fingerprint density at radius 1 is 1.11 bits per heavy atom. The molecule has 154 valence electrons. The van der Waals surface area contributed by atoms with Crippen molar-refractivity contribution in [3.8, 4) is 0 Å². The van der Waals surface area contributed by atoms with Crippen LogP contribution in [0.25, 0.3) is 0 Å². The van der Waals surface area contributed by atoms with E-state index in [-0.39, 0.29) is 24.0 Å². The quantitative estimate of drug-likeness (QED) is 0.251. The fourth-order valence-corrected chi connectivity index (χ4v) is 3.29. The van der Waals surface area contributed by atoms with Gasteiger partial charge in [0.2, 0.25) is 0 Å². The van der Waals surface area contributed by atoms with Crippen molar-refractivity contribution in [3.05, 3.63) is 24.4 Å². The first-order chi connectivity index (χ1) is 12.8. The summed E-state index contributed by atoms with van der Waals surface area (Å²) in [4.78, 5) is 16.5. The molecule has 0 aliphatic carbocycles. The molecular weight excluding hydrogens is 451 g/mol. The van der Waals surface area contributed by atoms with E-state index in [0.717, 1.165) is 70.6 Å². The summed E-state index contributed by atoms with van der Waals surface area (Å²) in [6.45, 7) is 15.8. The highest BCUT2D eigenvalue weighted by Gasteiger charge is 2.20. The van der Waals surface area contributed by atoms with Gasteiger partial charge in [-0.15, -0.1) is 24.0 Å². The van der Waals surface area contributed by atoms with Crippen molar-refractivity contribution in [1.29, 1.82) is 0 Å². The number of unbranched alkanes of at least 4 members (excludes halogenated alkanes) is 1. The van der Waals surface area contributed by atoms with E-state index in [9.17, 15) is 0 Å². The maximum absolute atomic E-state index is 4.86. The number of hydrogen-bond acceptors (Lipinski definition) is 4. The number of aromatic nitrogens is 1. The second kappa shape index (κ2) is 14.0. The number of aliphatic imine (C=N–C) groups is 1. The monoisotopic (exact) mass is 488 g/mol. The number of nitrogens with one attached hydrogen (secondary N) is 1. The summed E-state index contributed by atoms with van der Waals surface area (Å²) in [6.07, 6.45) is 4.24. The molecule has 7 heteroatoms. The van der Waals surface area contributed by atoms with Crippen LogP contribution >= 0.6 is 24.0 Å². The normalized spacial score (nSPS) is 15.0. The van der Waals surface area contributed by atoms with Crippen molar-refractivity contribution in [2.45, 2.75) is 33.6 Å². The average molecular weight is 488 g/mol. The average Bonchev–Trinajstić information content (AvgIpc) is 2.71. The van der Waals surface area contributed by atoms with Crippen LogP contribution in [0.2, 0.25) is 0 Å². The lowest BCUT2D eigenvalue weighted by Gasteiger charge is -2.37. The van der Waals surface area contributed by atoms with Crippen molar-refractivity contribution < 1.29 is 0 Å². The Labute approximate surface area is 182 Å². The molecule has 0 aromatic carbocycles. The van der Waals surface area contributed by atoms with Crippen molar-refractivity contribution in [3.63, 3.8) is 0 Å². The molecule has 1 N–H and O–H groups in total. The Bertz CT molecular complexity index is 512. The number of rotatable bonds is 9. The summed E-state index contributed by atoms with van der Waals surface area (Å²) in [6, 6.07) is 6.11. The molecule has 1 aromatic rings. The zero-order valence-corrected chi connectivity index (χ0v) is 19.6. The number of piperazine rings is 1. The third-order valence-electron chi connectivity index (χ3n) is 4.93. The van der Waals surface area contributed by atoms with Crippen LogP contribution in [0.1, 0.15) is 33.6 Å². The number of pyridine rings is 1. The first-order valence-corrected chi connectivity index (χ1v) is 10.2. The van der Waals surface area contributed by atoms with Gasteiger partial charge in [-0.2, -0.15) is 0 Å². The summed E-state index contributed by atoms with van der Waals surface area (Å²) >= 11 is 0. The molecule has 27 heavy (non-hydrogen) atoms. The first-order valence-electron chi connectivity index (χ1n) is 10.2. The van der Waals surface area contributed by atoms with Gasteiger partial charge in [0.05, 0.1) is 0 Å². The number of anilines is 1. The molecule has 0 atom stereocenters. The summed E-state index contributed by atoms with van der Waals surface area (Å²) in [7, 11) is 0. The van der Waals surface area contributed by atoms with Gasteiger partial charge in [0.15, 0.2) is 5.96 Å². The number of guanidine groups is 1. The van der Waals surface area contributed by atoms with E-state index in [1.54, 1.807) is 0 Å². The second-order valence-corrected chi connectivity index (χ2v) is 6.63. The third-order valence-corrected chi connectivity index (χ3v) is 4.93. The van der Waals surface area contributed by atoms with Gasteiger partial charge >= 0.3 is 0 Å². The molecule has 0 saturated carbocycles. The standard InChI is InChI=1S/C20H36N6.HI/c1-4-21-20(23-13-9-10-14-24(5-2)6-3)26-17-15-25(16-18-26)19-11-7-8-12-22-19;/h7-8,11-12H,4-6,9-10,13-18H2,1-3H3,(H,21,23);1H. The number of halogens is 1. The minimum Gasteiger partial charge on any atom is -0.357 e. The van der Waals surface area contributed by atoms with Crippen LogP contribution in [0.5, 0.6) is 0 Å². The fourth-order valence-electron chi connectivity index (χ4n) is 3.29. The Hall–Kier alpha value is -1.09. The smallest absolute Gasteiger partial charge is 0.194 e. The minimum atomic E-state index is 0. The van der Waals surface area contributed by atoms with Gasteiger partial charge in [-0.25, -0.2) is 4.98 Å². The lowest BCUT2D eigenvalue weighted by molar-refractivity contribution is 0.297. The topological polar surface area (TPSA) is 47.0 Å². The maximum Gasteiger partial charge on any atom is 0.194 e. The Morgan fingerprint density at radius 3 is 2.44 bits per heavy atom. The van der Waals surface area contributed by atoms with Gasteiger partial charge in [0, 0.05) is 45.5 Å². The SMILES string of the molecule is CCNC(=NCCCCN(CC)CC)N1CCN(c2ccccn2)CC1.I. The van der Waals surface area contributed by atoms with Crippen LogP contribution in [0.15, 0.2) is 29.4 Å². The van der Waals surface area contributed by atoms with E-state index in [2.05, 4.69) is 57.9 Å². The van der Waals surface area contributed by atoms with Crippen molar-refractivity contribution in [2.75, 3.05) is 63.8 Å². The Balaban J connectivity index is 0.00000364. The highest BCUT2D eigenvalue weighted by Crippen LogP contribution is 2.12.